The van der Waals surface area contributed by atoms with Gasteiger partial charge in [0.2, 0.25) is 11.8 Å². The van der Waals surface area contributed by atoms with E-state index in [2.05, 4.69) is 45.5 Å². The highest BCUT2D eigenvalue weighted by Gasteiger charge is 2.49. The first-order chi connectivity index (χ1) is 15.2. The van der Waals surface area contributed by atoms with E-state index >= 15 is 0 Å². The molecule has 2 aliphatic rings. The highest BCUT2D eigenvalue weighted by Crippen LogP contribution is 2.45. The van der Waals surface area contributed by atoms with Crippen molar-refractivity contribution < 1.29 is 9.53 Å². The fraction of sp³-hybridized carbons (Fsp3) is 0.320. The van der Waals surface area contributed by atoms with Gasteiger partial charge in [-0.25, -0.2) is 9.97 Å². The number of aromatic nitrogens is 2. The minimum Gasteiger partial charge on any atom is -0.477 e. The number of anilines is 1. The molecule has 4 heterocycles. The summed E-state index contributed by atoms with van der Waals surface area (Å²) in [7, 11) is 0. The predicted octanol–water partition coefficient (Wildman–Crippen LogP) is 4.03. The molecule has 6 heteroatoms. The Kier molecular flexibility index (Phi) is 5.16. The van der Waals surface area contributed by atoms with Gasteiger partial charge < -0.3 is 10.1 Å². The van der Waals surface area contributed by atoms with E-state index in [9.17, 15) is 4.79 Å². The maximum absolute atomic E-state index is 13.1. The molecule has 158 valence electrons. The highest BCUT2D eigenvalue weighted by atomic mass is 16.5. The Balaban J connectivity index is 1.38. The number of nitrogens with one attached hydrogen (secondary N) is 1. The summed E-state index contributed by atoms with van der Waals surface area (Å²) < 4.78 is 5.66. The first-order valence-electron chi connectivity index (χ1n) is 10.9. The molecule has 1 saturated heterocycles. The maximum Gasteiger partial charge on any atom is 0.236 e. The standard InChI is InChI=1S/C25H26N4O2/c1-2-31-23-19(9-6-14-26-23)21-11-10-20-22(27-21)28-24(30)25(20)12-15-29(16-13-25)17-18-7-4-3-5-8-18/h3-11,14H,2,12-13,15-17H2,1H3,(H,27,28,30). The Morgan fingerprint density at radius 1 is 1.06 bits per heavy atom. The van der Waals surface area contributed by atoms with Gasteiger partial charge in [0, 0.05) is 18.3 Å². The zero-order valence-electron chi connectivity index (χ0n) is 17.7. The summed E-state index contributed by atoms with van der Waals surface area (Å²) in [4.78, 5) is 24.6. The summed E-state index contributed by atoms with van der Waals surface area (Å²) in [6, 6.07) is 18.4. The fourth-order valence-corrected chi connectivity index (χ4v) is 4.71. The maximum atomic E-state index is 13.1. The second kappa shape index (κ2) is 8.12. The summed E-state index contributed by atoms with van der Waals surface area (Å²) in [6.45, 7) is 5.17. The molecule has 1 N–H and O–H groups in total. The zero-order valence-corrected chi connectivity index (χ0v) is 17.7. The molecule has 1 spiro atoms. The smallest absolute Gasteiger partial charge is 0.236 e. The van der Waals surface area contributed by atoms with Gasteiger partial charge in [-0.2, -0.15) is 0 Å². The largest absolute Gasteiger partial charge is 0.477 e. The molecule has 0 aliphatic carbocycles. The molecule has 0 atom stereocenters. The number of amides is 1. The molecule has 0 unspecified atom stereocenters. The van der Waals surface area contributed by atoms with Crippen molar-refractivity contribution in [1.82, 2.24) is 14.9 Å². The first kappa shape index (κ1) is 19.7. The third-order valence-electron chi connectivity index (χ3n) is 6.36. The van der Waals surface area contributed by atoms with E-state index < -0.39 is 5.41 Å². The highest BCUT2D eigenvalue weighted by molar-refractivity contribution is 6.05. The van der Waals surface area contributed by atoms with Crippen LogP contribution in [0.1, 0.15) is 30.9 Å². The van der Waals surface area contributed by atoms with Crippen LogP contribution in [0.25, 0.3) is 11.3 Å². The molecular formula is C25H26N4O2. The summed E-state index contributed by atoms with van der Waals surface area (Å²) in [6.07, 6.45) is 3.31. The number of piperidine rings is 1. The molecule has 1 amide bonds. The minimum atomic E-state index is -0.480. The molecule has 1 aromatic carbocycles. The summed E-state index contributed by atoms with van der Waals surface area (Å²) in [5, 5.41) is 3.05. The van der Waals surface area contributed by atoms with Gasteiger partial charge in [-0.15, -0.1) is 0 Å². The van der Waals surface area contributed by atoms with Crippen LogP contribution in [0.15, 0.2) is 60.8 Å². The number of hydrogen-bond acceptors (Lipinski definition) is 5. The number of fused-ring (bicyclic) bond motifs is 2. The lowest BCUT2D eigenvalue weighted by molar-refractivity contribution is -0.122. The van der Waals surface area contributed by atoms with Crippen molar-refractivity contribution in [3.8, 4) is 17.1 Å². The average molecular weight is 415 g/mol. The Labute approximate surface area is 182 Å². The van der Waals surface area contributed by atoms with Crippen LogP contribution in [-0.2, 0) is 16.8 Å². The molecule has 2 aromatic heterocycles. The molecule has 0 bridgehead atoms. The van der Waals surface area contributed by atoms with E-state index in [4.69, 9.17) is 9.72 Å². The summed E-state index contributed by atoms with van der Waals surface area (Å²) in [5.41, 5.74) is 3.44. The average Bonchev–Trinajstić information content (AvgIpc) is 3.07. The Morgan fingerprint density at radius 3 is 2.65 bits per heavy atom. The Bertz CT molecular complexity index is 1090. The second-order valence-corrected chi connectivity index (χ2v) is 8.18. The zero-order chi connectivity index (χ0) is 21.3. The van der Waals surface area contributed by atoms with Gasteiger partial charge in [0.1, 0.15) is 5.82 Å². The molecule has 31 heavy (non-hydrogen) atoms. The number of pyridine rings is 2. The normalized spacial score (nSPS) is 17.4. The monoisotopic (exact) mass is 414 g/mol. The molecule has 3 aromatic rings. The van der Waals surface area contributed by atoms with E-state index in [-0.39, 0.29) is 5.91 Å². The fourth-order valence-electron chi connectivity index (χ4n) is 4.71. The van der Waals surface area contributed by atoms with Crippen LogP contribution in [0.5, 0.6) is 5.88 Å². The molecule has 0 saturated carbocycles. The molecule has 5 rings (SSSR count). The molecule has 0 radical (unpaired) electrons. The quantitative estimate of drug-likeness (QED) is 0.683. The number of rotatable bonds is 5. The Hall–Kier alpha value is -3.25. The van der Waals surface area contributed by atoms with Crippen molar-refractivity contribution in [3.05, 3.63) is 71.9 Å². The third-order valence-corrected chi connectivity index (χ3v) is 6.36. The molecule has 2 aliphatic heterocycles. The topological polar surface area (TPSA) is 67.4 Å². The van der Waals surface area contributed by atoms with E-state index in [1.165, 1.54) is 5.56 Å². The van der Waals surface area contributed by atoms with E-state index in [1.807, 2.05) is 31.2 Å². The van der Waals surface area contributed by atoms with Gasteiger partial charge in [0.25, 0.3) is 0 Å². The van der Waals surface area contributed by atoms with Gasteiger partial charge in [0.05, 0.1) is 23.3 Å². The van der Waals surface area contributed by atoms with Crippen molar-refractivity contribution >= 4 is 11.7 Å². The molecule has 1 fully saturated rings. The van der Waals surface area contributed by atoms with Crippen LogP contribution >= 0.6 is 0 Å². The van der Waals surface area contributed by atoms with E-state index in [1.54, 1.807) is 6.20 Å². The van der Waals surface area contributed by atoms with Crippen LogP contribution in [0.3, 0.4) is 0 Å². The number of ether oxygens (including phenoxy) is 1. The number of benzene rings is 1. The van der Waals surface area contributed by atoms with E-state index in [0.29, 0.717) is 18.3 Å². The first-order valence-corrected chi connectivity index (χ1v) is 10.9. The van der Waals surface area contributed by atoms with E-state index in [0.717, 1.165) is 49.3 Å². The van der Waals surface area contributed by atoms with Gasteiger partial charge in [-0.1, -0.05) is 36.4 Å². The minimum absolute atomic E-state index is 0.0720. The van der Waals surface area contributed by atoms with Gasteiger partial charge in [-0.05, 0) is 56.6 Å². The van der Waals surface area contributed by atoms with Gasteiger partial charge in [0.15, 0.2) is 0 Å². The number of hydrogen-bond donors (Lipinski definition) is 1. The summed E-state index contributed by atoms with van der Waals surface area (Å²) >= 11 is 0. The van der Waals surface area contributed by atoms with Crippen molar-refractivity contribution in [2.45, 2.75) is 31.7 Å². The predicted molar refractivity (Wildman–Crippen MR) is 120 cm³/mol. The number of carbonyl (C=O) groups is 1. The molecular weight excluding hydrogens is 388 g/mol. The second-order valence-electron chi connectivity index (χ2n) is 8.18. The van der Waals surface area contributed by atoms with Crippen molar-refractivity contribution in [2.75, 3.05) is 25.0 Å². The van der Waals surface area contributed by atoms with Crippen LogP contribution in [0.2, 0.25) is 0 Å². The van der Waals surface area contributed by atoms with Crippen molar-refractivity contribution in [1.29, 1.82) is 0 Å². The van der Waals surface area contributed by atoms with Gasteiger partial charge in [-0.3, -0.25) is 9.69 Å². The SMILES string of the molecule is CCOc1ncccc1-c1ccc2c(n1)NC(=O)C21CCN(Cc2ccccc2)CC1. The third kappa shape index (κ3) is 3.57. The lowest BCUT2D eigenvalue weighted by atomic mass is 9.74. The van der Waals surface area contributed by atoms with Crippen molar-refractivity contribution in [3.63, 3.8) is 0 Å². The number of nitrogens with zero attached hydrogens (tertiary/aromatic N) is 3. The lowest BCUT2D eigenvalue weighted by Gasteiger charge is -2.37. The summed E-state index contributed by atoms with van der Waals surface area (Å²) in [5.74, 6) is 1.30. The lowest BCUT2D eigenvalue weighted by Crippen LogP contribution is -2.46. The molecule has 6 nitrogen and oxygen atoms in total. The van der Waals surface area contributed by atoms with Gasteiger partial charge >= 0.3 is 0 Å². The van der Waals surface area contributed by atoms with Crippen LogP contribution in [0.4, 0.5) is 5.82 Å². The Morgan fingerprint density at radius 2 is 1.87 bits per heavy atom. The van der Waals surface area contributed by atoms with Crippen LogP contribution in [0, 0.1) is 0 Å². The van der Waals surface area contributed by atoms with Crippen molar-refractivity contribution in [2.24, 2.45) is 0 Å². The van der Waals surface area contributed by atoms with Crippen LogP contribution in [-0.4, -0.2) is 40.5 Å². The number of carbonyl (C=O) groups excluding carboxylic acids is 1. The number of likely N-dealkylation sites (tertiary alicyclic amines) is 1. The van der Waals surface area contributed by atoms with Crippen LogP contribution < -0.4 is 10.1 Å².